The SMILES string of the molecule is CC1=C(C(=O)OCc2ccccc2)[C@@H](c2ccc(OC(C)C)cc2)C2=C(CCCC2=O)N1. The molecule has 1 atom stereocenters. The molecule has 0 unspecified atom stereocenters. The van der Waals surface area contributed by atoms with Crippen molar-refractivity contribution >= 4 is 11.8 Å². The lowest BCUT2D eigenvalue weighted by molar-refractivity contribution is -0.140. The lowest BCUT2D eigenvalue weighted by atomic mass is 9.75. The summed E-state index contributed by atoms with van der Waals surface area (Å²) < 4.78 is 11.5. The van der Waals surface area contributed by atoms with Gasteiger partial charge in [0.15, 0.2) is 5.78 Å². The lowest BCUT2D eigenvalue weighted by Crippen LogP contribution is -2.34. The Morgan fingerprint density at radius 2 is 1.78 bits per heavy atom. The van der Waals surface area contributed by atoms with Crippen molar-refractivity contribution in [2.24, 2.45) is 0 Å². The standard InChI is InChI=1S/C27H29NO4/c1-17(2)32-21-14-12-20(13-15-21)25-24(27(30)31-16-19-8-5-4-6-9-19)18(3)28-22-10-7-11-23(29)26(22)25/h4-6,8-9,12-15,17,25,28H,7,10-11,16H2,1-3H3/t25-/m1/s1. The number of nitrogens with one attached hydrogen (secondary N) is 1. The molecule has 5 nitrogen and oxygen atoms in total. The first-order valence-electron chi connectivity index (χ1n) is 11.2. The predicted octanol–water partition coefficient (Wildman–Crippen LogP) is 5.19. The fraction of sp³-hybridized carbons (Fsp3) is 0.333. The van der Waals surface area contributed by atoms with Crippen molar-refractivity contribution < 1.29 is 19.1 Å². The lowest BCUT2D eigenvalue weighted by Gasteiger charge is -2.34. The fourth-order valence-corrected chi connectivity index (χ4v) is 4.40. The molecule has 32 heavy (non-hydrogen) atoms. The molecule has 0 saturated heterocycles. The van der Waals surface area contributed by atoms with Gasteiger partial charge in [-0.3, -0.25) is 4.79 Å². The van der Waals surface area contributed by atoms with Crippen LogP contribution in [0.1, 0.15) is 57.1 Å². The van der Waals surface area contributed by atoms with Crippen molar-refractivity contribution in [2.45, 2.75) is 58.7 Å². The Morgan fingerprint density at radius 1 is 1.06 bits per heavy atom. The van der Waals surface area contributed by atoms with Gasteiger partial charge in [0, 0.05) is 29.3 Å². The Morgan fingerprint density at radius 3 is 2.47 bits per heavy atom. The van der Waals surface area contributed by atoms with Gasteiger partial charge in [0.2, 0.25) is 0 Å². The van der Waals surface area contributed by atoms with E-state index in [0.717, 1.165) is 41.1 Å². The minimum Gasteiger partial charge on any atom is -0.491 e. The number of allylic oxidation sites excluding steroid dienone is 3. The van der Waals surface area contributed by atoms with E-state index in [-0.39, 0.29) is 18.5 Å². The number of benzene rings is 2. The molecule has 1 heterocycles. The van der Waals surface area contributed by atoms with E-state index in [1.54, 1.807) is 0 Å². The van der Waals surface area contributed by atoms with Crippen molar-refractivity contribution in [1.82, 2.24) is 5.32 Å². The summed E-state index contributed by atoms with van der Waals surface area (Å²) >= 11 is 0. The molecule has 5 heteroatoms. The Labute approximate surface area is 189 Å². The highest BCUT2D eigenvalue weighted by Gasteiger charge is 2.39. The highest BCUT2D eigenvalue weighted by molar-refractivity contribution is 6.03. The van der Waals surface area contributed by atoms with E-state index in [1.165, 1.54) is 0 Å². The van der Waals surface area contributed by atoms with Crippen molar-refractivity contribution in [2.75, 3.05) is 0 Å². The average Bonchev–Trinajstić information content (AvgIpc) is 2.77. The molecule has 0 amide bonds. The third kappa shape index (κ3) is 4.62. The first-order valence-corrected chi connectivity index (χ1v) is 11.2. The second kappa shape index (κ2) is 9.43. The number of esters is 1. The summed E-state index contributed by atoms with van der Waals surface area (Å²) in [7, 11) is 0. The van der Waals surface area contributed by atoms with E-state index in [1.807, 2.05) is 75.4 Å². The number of carbonyl (C=O) groups excluding carboxylic acids is 2. The zero-order valence-electron chi connectivity index (χ0n) is 18.8. The van der Waals surface area contributed by atoms with Gasteiger partial charge in [0.25, 0.3) is 0 Å². The molecule has 0 fully saturated rings. The highest BCUT2D eigenvalue weighted by atomic mass is 16.5. The third-order valence-electron chi connectivity index (χ3n) is 5.79. The van der Waals surface area contributed by atoms with Gasteiger partial charge in [-0.05, 0) is 56.9 Å². The molecule has 0 spiro atoms. The molecule has 1 aliphatic heterocycles. The number of hydrogen-bond acceptors (Lipinski definition) is 5. The van der Waals surface area contributed by atoms with E-state index >= 15 is 0 Å². The van der Waals surface area contributed by atoms with Crippen LogP contribution in [-0.4, -0.2) is 17.9 Å². The van der Waals surface area contributed by atoms with Crippen LogP contribution in [0.4, 0.5) is 0 Å². The Bertz CT molecular complexity index is 1060. The number of ketones is 1. The van der Waals surface area contributed by atoms with Crippen LogP contribution < -0.4 is 10.1 Å². The summed E-state index contributed by atoms with van der Waals surface area (Å²) in [6.07, 6.45) is 2.19. The van der Waals surface area contributed by atoms with Crippen LogP contribution in [0.5, 0.6) is 5.75 Å². The average molecular weight is 432 g/mol. The summed E-state index contributed by atoms with van der Waals surface area (Å²) in [4.78, 5) is 26.3. The van der Waals surface area contributed by atoms with Gasteiger partial charge in [-0.2, -0.15) is 0 Å². The molecule has 0 bridgehead atoms. The van der Waals surface area contributed by atoms with E-state index in [0.29, 0.717) is 17.6 Å². The van der Waals surface area contributed by atoms with Gasteiger partial charge in [0.1, 0.15) is 12.4 Å². The first kappa shape index (κ1) is 21.9. The van der Waals surface area contributed by atoms with Gasteiger partial charge in [-0.15, -0.1) is 0 Å². The molecule has 1 aliphatic carbocycles. The van der Waals surface area contributed by atoms with Gasteiger partial charge >= 0.3 is 5.97 Å². The number of dihydropyridines is 1. The van der Waals surface area contributed by atoms with Crippen molar-refractivity contribution in [3.63, 3.8) is 0 Å². The summed E-state index contributed by atoms with van der Waals surface area (Å²) in [6.45, 7) is 6.02. The Balaban J connectivity index is 1.68. The molecule has 0 aromatic heterocycles. The summed E-state index contributed by atoms with van der Waals surface area (Å²) in [5.41, 5.74) is 4.65. The molecule has 166 valence electrons. The molecule has 2 aromatic carbocycles. The maximum absolute atomic E-state index is 13.3. The second-order valence-electron chi connectivity index (χ2n) is 8.56. The maximum atomic E-state index is 13.3. The van der Waals surface area contributed by atoms with E-state index < -0.39 is 11.9 Å². The van der Waals surface area contributed by atoms with Crippen LogP contribution in [-0.2, 0) is 20.9 Å². The molecular weight excluding hydrogens is 402 g/mol. The topological polar surface area (TPSA) is 64.6 Å². The van der Waals surface area contributed by atoms with E-state index in [9.17, 15) is 9.59 Å². The largest absolute Gasteiger partial charge is 0.491 e. The Kier molecular flexibility index (Phi) is 6.45. The molecule has 0 saturated carbocycles. The van der Waals surface area contributed by atoms with Crippen LogP contribution in [0, 0.1) is 0 Å². The number of rotatable bonds is 6. The van der Waals surface area contributed by atoms with Crippen LogP contribution in [0.3, 0.4) is 0 Å². The predicted molar refractivity (Wildman–Crippen MR) is 123 cm³/mol. The van der Waals surface area contributed by atoms with Gasteiger partial charge in [0.05, 0.1) is 11.7 Å². The summed E-state index contributed by atoms with van der Waals surface area (Å²) in [5.74, 6) is -0.00501. The maximum Gasteiger partial charge on any atom is 0.337 e. The third-order valence-corrected chi connectivity index (χ3v) is 5.79. The zero-order chi connectivity index (χ0) is 22.7. The molecule has 2 aromatic rings. The van der Waals surface area contributed by atoms with Crippen LogP contribution in [0.2, 0.25) is 0 Å². The number of carbonyl (C=O) groups is 2. The van der Waals surface area contributed by atoms with E-state index in [2.05, 4.69) is 5.32 Å². The first-order chi connectivity index (χ1) is 15.4. The van der Waals surface area contributed by atoms with Gasteiger partial charge < -0.3 is 14.8 Å². The normalized spacial score (nSPS) is 18.4. The Hall–Kier alpha value is -3.34. The molecule has 2 aliphatic rings. The summed E-state index contributed by atoms with van der Waals surface area (Å²) in [6, 6.07) is 17.3. The number of Topliss-reactive ketones (excluding diaryl/α,β-unsaturated/α-hetero) is 1. The fourth-order valence-electron chi connectivity index (χ4n) is 4.40. The minimum atomic E-state index is -0.449. The molecule has 4 rings (SSSR count). The quantitative estimate of drug-likeness (QED) is 0.638. The van der Waals surface area contributed by atoms with Crippen molar-refractivity contribution in [3.8, 4) is 5.75 Å². The van der Waals surface area contributed by atoms with Gasteiger partial charge in [-0.25, -0.2) is 4.79 Å². The van der Waals surface area contributed by atoms with E-state index in [4.69, 9.17) is 9.47 Å². The molecular formula is C27H29NO4. The smallest absolute Gasteiger partial charge is 0.337 e. The number of ether oxygens (including phenoxy) is 2. The minimum absolute atomic E-state index is 0.0691. The second-order valence-corrected chi connectivity index (χ2v) is 8.56. The van der Waals surface area contributed by atoms with Crippen LogP contribution in [0.25, 0.3) is 0 Å². The van der Waals surface area contributed by atoms with Gasteiger partial charge in [-0.1, -0.05) is 42.5 Å². The highest BCUT2D eigenvalue weighted by Crippen LogP contribution is 2.42. The number of hydrogen-bond donors (Lipinski definition) is 1. The van der Waals surface area contributed by atoms with Crippen LogP contribution >= 0.6 is 0 Å². The molecule has 1 N–H and O–H groups in total. The van der Waals surface area contributed by atoms with Crippen molar-refractivity contribution in [1.29, 1.82) is 0 Å². The van der Waals surface area contributed by atoms with Crippen molar-refractivity contribution in [3.05, 3.63) is 88.3 Å². The summed E-state index contributed by atoms with van der Waals surface area (Å²) in [5, 5.41) is 3.33. The van der Waals surface area contributed by atoms with Crippen LogP contribution in [0.15, 0.2) is 77.1 Å². The monoisotopic (exact) mass is 431 g/mol. The zero-order valence-corrected chi connectivity index (χ0v) is 18.8. The molecule has 0 radical (unpaired) electrons.